The molecule has 1 unspecified atom stereocenters. The maximum absolute atomic E-state index is 6.05. The monoisotopic (exact) mass is 295 g/mol. The largest absolute Gasteiger partial charge is 0.495 e. The predicted octanol–water partition coefficient (Wildman–Crippen LogP) is 4.31. The van der Waals surface area contributed by atoms with Crippen LogP contribution in [-0.4, -0.2) is 14.2 Å². The molecule has 2 nitrogen and oxygen atoms in total. The van der Waals surface area contributed by atoms with Crippen LogP contribution in [0.4, 0.5) is 0 Å². The molecule has 0 aliphatic rings. The van der Waals surface area contributed by atoms with E-state index in [0.29, 0.717) is 10.8 Å². The van der Waals surface area contributed by atoms with Crippen molar-refractivity contribution in [2.75, 3.05) is 14.2 Å². The van der Waals surface area contributed by atoms with Gasteiger partial charge in [-0.3, -0.25) is 0 Å². The molecule has 0 radical (unpaired) electrons. The van der Waals surface area contributed by atoms with Gasteiger partial charge in [0.25, 0.3) is 0 Å². The fourth-order valence-electron chi connectivity index (χ4n) is 2.04. The fraction of sp³-hybridized carbons (Fsp3) is 0.200. The van der Waals surface area contributed by atoms with Crippen molar-refractivity contribution in [1.82, 2.24) is 5.32 Å². The molecule has 2 aromatic rings. The number of rotatable bonds is 4. The lowest BCUT2D eigenvalue weighted by Gasteiger charge is -2.18. The van der Waals surface area contributed by atoms with E-state index in [-0.39, 0.29) is 6.04 Å². The first-order chi connectivity index (χ1) is 9.15. The van der Waals surface area contributed by atoms with E-state index in [1.165, 1.54) is 0 Å². The molecule has 0 aliphatic carbocycles. The molecule has 1 N–H and O–H groups in total. The summed E-state index contributed by atoms with van der Waals surface area (Å²) in [4.78, 5) is 0. The summed E-state index contributed by atoms with van der Waals surface area (Å²) in [7, 11) is 3.53. The number of methoxy groups -OCH3 is 1. The van der Waals surface area contributed by atoms with Crippen molar-refractivity contribution in [1.29, 1.82) is 0 Å². The standard InChI is InChI=1S/C15H15Cl2NO/c1-18-15(10-3-6-12(16)7-4-10)11-5-8-13(17)14(9-11)19-2/h3-9,15,18H,1-2H3. The van der Waals surface area contributed by atoms with Crippen LogP contribution < -0.4 is 10.1 Å². The quantitative estimate of drug-likeness (QED) is 0.907. The van der Waals surface area contributed by atoms with Gasteiger partial charge in [0.1, 0.15) is 5.75 Å². The molecule has 0 aromatic heterocycles. The highest BCUT2D eigenvalue weighted by Crippen LogP contribution is 2.30. The van der Waals surface area contributed by atoms with Crippen LogP contribution in [0, 0.1) is 0 Å². The number of hydrogen-bond donors (Lipinski definition) is 1. The van der Waals surface area contributed by atoms with E-state index in [1.807, 2.05) is 49.5 Å². The van der Waals surface area contributed by atoms with Crippen LogP contribution >= 0.6 is 23.2 Å². The van der Waals surface area contributed by atoms with Gasteiger partial charge in [0.15, 0.2) is 0 Å². The number of benzene rings is 2. The minimum absolute atomic E-state index is 0.0726. The Labute approximate surface area is 123 Å². The van der Waals surface area contributed by atoms with Gasteiger partial charge < -0.3 is 10.1 Å². The molecule has 0 saturated heterocycles. The minimum atomic E-state index is 0.0726. The average molecular weight is 296 g/mol. The Morgan fingerprint density at radius 1 is 1.00 bits per heavy atom. The summed E-state index contributed by atoms with van der Waals surface area (Å²) >= 11 is 12.0. The van der Waals surface area contributed by atoms with E-state index in [2.05, 4.69) is 5.32 Å². The summed E-state index contributed by atoms with van der Waals surface area (Å²) in [6.45, 7) is 0. The molecule has 0 saturated carbocycles. The first-order valence-electron chi connectivity index (χ1n) is 5.92. The van der Waals surface area contributed by atoms with Crippen molar-refractivity contribution in [3.63, 3.8) is 0 Å². The highest BCUT2D eigenvalue weighted by Gasteiger charge is 2.13. The van der Waals surface area contributed by atoms with Crippen molar-refractivity contribution in [2.24, 2.45) is 0 Å². The fourth-order valence-corrected chi connectivity index (χ4v) is 2.36. The Bertz CT molecular complexity index is 555. The lowest BCUT2D eigenvalue weighted by atomic mass is 9.99. The average Bonchev–Trinajstić information content (AvgIpc) is 2.43. The van der Waals surface area contributed by atoms with Gasteiger partial charge in [-0.25, -0.2) is 0 Å². The van der Waals surface area contributed by atoms with Gasteiger partial charge >= 0.3 is 0 Å². The minimum Gasteiger partial charge on any atom is -0.495 e. The maximum Gasteiger partial charge on any atom is 0.137 e. The normalized spacial score (nSPS) is 12.2. The van der Waals surface area contributed by atoms with Crippen molar-refractivity contribution in [3.8, 4) is 5.75 Å². The summed E-state index contributed by atoms with van der Waals surface area (Å²) in [5.74, 6) is 0.674. The van der Waals surface area contributed by atoms with E-state index >= 15 is 0 Å². The zero-order chi connectivity index (χ0) is 13.8. The number of hydrogen-bond acceptors (Lipinski definition) is 2. The summed E-state index contributed by atoms with van der Waals surface area (Å²) < 4.78 is 5.25. The van der Waals surface area contributed by atoms with Crippen molar-refractivity contribution in [2.45, 2.75) is 6.04 Å². The molecular formula is C15H15Cl2NO. The molecule has 0 amide bonds. The highest BCUT2D eigenvalue weighted by molar-refractivity contribution is 6.32. The smallest absolute Gasteiger partial charge is 0.137 e. The molecule has 0 spiro atoms. The molecule has 1 atom stereocenters. The first-order valence-corrected chi connectivity index (χ1v) is 6.67. The van der Waals surface area contributed by atoms with Gasteiger partial charge in [-0.1, -0.05) is 41.4 Å². The van der Waals surface area contributed by atoms with E-state index in [1.54, 1.807) is 7.11 Å². The Morgan fingerprint density at radius 2 is 1.63 bits per heavy atom. The van der Waals surface area contributed by atoms with E-state index < -0.39 is 0 Å². The van der Waals surface area contributed by atoms with Gasteiger partial charge in [-0.05, 0) is 42.4 Å². The molecule has 2 rings (SSSR count). The molecule has 0 fully saturated rings. The SMILES string of the molecule is CNC(c1ccc(Cl)cc1)c1ccc(Cl)c(OC)c1. The zero-order valence-electron chi connectivity index (χ0n) is 10.8. The van der Waals surface area contributed by atoms with Gasteiger partial charge in [0.2, 0.25) is 0 Å². The van der Waals surface area contributed by atoms with Gasteiger partial charge in [-0.2, -0.15) is 0 Å². The van der Waals surface area contributed by atoms with Crippen LogP contribution in [0.15, 0.2) is 42.5 Å². The first kappa shape index (κ1) is 14.2. The lowest BCUT2D eigenvalue weighted by Crippen LogP contribution is -2.17. The summed E-state index contributed by atoms with van der Waals surface area (Å²) in [5.41, 5.74) is 2.22. The second-order valence-corrected chi connectivity index (χ2v) is 5.01. The van der Waals surface area contributed by atoms with Crippen LogP contribution in [-0.2, 0) is 0 Å². The van der Waals surface area contributed by atoms with Crippen LogP contribution in [0.5, 0.6) is 5.75 Å². The molecule has 0 heterocycles. The van der Waals surface area contributed by atoms with E-state index in [0.717, 1.165) is 16.1 Å². The van der Waals surface area contributed by atoms with Crippen molar-refractivity contribution >= 4 is 23.2 Å². The van der Waals surface area contributed by atoms with E-state index in [9.17, 15) is 0 Å². The Hall–Kier alpha value is -1.22. The summed E-state index contributed by atoms with van der Waals surface area (Å²) in [5, 5.41) is 4.62. The molecule has 100 valence electrons. The summed E-state index contributed by atoms with van der Waals surface area (Å²) in [6, 6.07) is 13.6. The lowest BCUT2D eigenvalue weighted by molar-refractivity contribution is 0.414. The van der Waals surface area contributed by atoms with Crippen molar-refractivity contribution < 1.29 is 4.74 Å². The molecular weight excluding hydrogens is 281 g/mol. The van der Waals surface area contributed by atoms with Gasteiger partial charge in [0, 0.05) is 5.02 Å². The molecule has 0 bridgehead atoms. The number of nitrogens with one attached hydrogen (secondary N) is 1. The third-order valence-electron chi connectivity index (χ3n) is 3.00. The van der Waals surface area contributed by atoms with Crippen LogP contribution in [0.25, 0.3) is 0 Å². The highest BCUT2D eigenvalue weighted by atomic mass is 35.5. The van der Waals surface area contributed by atoms with Crippen molar-refractivity contribution in [3.05, 3.63) is 63.6 Å². The van der Waals surface area contributed by atoms with Crippen LogP contribution in [0.3, 0.4) is 0 Å². The molecule has 19 heavy (non-hydrogen) atoms. The van der Waals surface area contributed by atoms with Gasteiger partial charge in [0.05, 0.1) is 18.2 Å². The third kappa shape index (κ3) is 3.21. The van der Waals surface area contributed by atoms with E-state index in [4.69, 9.17) is 27.9 Å². The maximum atomic E-state index is 6.05. The number of ether oxygens (including phenoxy) is 1. The molecule has 2 aromatic carbocycles. The van der Waals surface area contributed by atoms with Gasteiger partial charge in [-0.15, -0.1) is 0 Å². The molecule has 4 heteroatoms. The Kier molecular flexibility index (Phi) is 4.70. The Balaban J connectivity index is 2.39. The third-order valence-corrected chi connectivity index (χ3v) is 3.56. The molecule has 0 aliphatic heterocycles. The second kappa shape index (κ2) is 6.29. The second-order valence-electron chi connectivity index (χ2n) is 4.17. The zero-order valence-corrected chi connectivity index (χ0v) is 12.3. The Morgan fingerprint density at radius 3 is 2.21 bits per heavy atom. The number of halogens is 2. The predicted molar refractivity (Wildman–Crippen MR) is 80.4 cm³/mol. The van der Waals surface area contributed by atoms with Crippen LogP contribution in [0.1, 0.15) is 17.2 Å². The topological polar surface area (TPSA) is 21.3 Å². The van der Waals surface area contributed by atoms with Crippen LogP contribution in [0.2, 0.25) is 10.0 Å². The summed E-state index contributed by atoms with van der Waals surface area (Å²) in [6.07, 6.45) is 0.